The molecule has 2 aliphatic heterocycles. The molecule has 2 aromatic carbocycles. The van der Waals surface area contributed by atoms with Crippen molar-refractivity contribution in [2.75, 3.05) is 13.7 Å². The molecule has 40 heavy (non-hydrogen) atoms. The lowest BCUT2D eigenvalue weighted by Crippen LogP contribution is -2.46. The van der Waals surface area contributed by atoms with Crippen molar-refractivity contribution in [3.63, 3.8) is 0 Å². The van der Waals surface area contributed by atoms with E-state index < -0.39 is 35.9 Å². The maximum absolute atomic E-state index is 14.1. The van der Waals surface area contributed by atoms with Gasteiger partial charge in [-0.2, -0.15) is 23.2 Å². The number of nitrogens with one attached hydrogen (secondary N) is 1. The SMILES string of the molecule is COc1cc(N=C2NN3CCCCC(c4ccc(F)c(F)c4)C3N2OC(=O)C(F)(F)F)ccc1-n1cnc(Cl)c1. The zero-order valence-electron chi connectivity index (χ0n) is 20.8. The van der Waals surface area contributed by atoms with E-state index in [1.807, 2.05) is 0 Å². The summed E-state index contributed by atoms with van der Waals surface area (Å²) in [5.74, 6) is -5.14. The molecule has 0 aliphatic carbocycles. The molecule has 0 amide bonds. The first-order valence-electron chi connectivity index (χ1n) is 12.1. The summed E-state index contributed by atoms with van der Waals surface area (Å²) in [6.45, 7) is 0.355. The molecule has 1 N–H and O–H groups in total. The third-order valence-corrected chi connectivity index (χ3v) is 6.74. The number of halogens is 6. The molecule has 212 valence electrons. The highest BCUT2D eigenvalue weighted by molar-refractivity contribution is 6.29. The second-order valence-electron chi connectivity index (χ2n) is 9.09. The molecule has 0 saturated carbocycles. The number of hydrogen-bond donors (Lipinski definition) is 1. The third kappa shape index (κ3) is 5.54. The summed E-state index contributed by atoms with van der Waals surface area (Å²) in [5, 5.41) is 2.57. The number of carbonyl (C=O) groups excluding carboxylic acids is 1. The molecule has 9 nitrogen and oxygen atoms in total. The Kier molecular flexibility index (Phi) is 7.55. The lowest BCUT2D eigenvalue weighted by molar-refractivity contribution is -0.234. The van der Waals surface area contributed by atoms with E-state index in [1.165, 1.54) is 25.6 Å². The van der Waals surface area contributed by atoms with E-state index in [9.17, 15) is 26.7 Å². The molecular weight excluding hydrogens is 563 g/mol. The van der Waals surface area contributed by atoms with Gasteiger partial charge in [0.1, 0.15) is 23.4 Å². The molecular formula is C25H22ClF5N6O3. The standard InChI is InChI=1S/C25H22ClF5N6O3/c1-39-20-11-15(6-8-19(20)35-12-21(26)32-13-35)33-24-34-36-9-3-2-4-16(14-5-7-17(27)18(28)10-14)22(36)37(24)40-23(38)25(29,30)31/h5-8,10-13,16,22H,2-4,9H2,1H3,(H,33,34). The van der Waals surface area contributed by atoms with Gasteiger partial charge in [-0.05, 0) is 42.7 Å². The lowest BCUT2D eigenvalue weighted by Gasteiger charge is -2.32. The van der Waals surface area contributed by atoms with Gasteiger partial charge >= 0.3 is 12.1 Å². The summed E-state index contributed by atoms with van der Waals surface area (Å²) in [5.41, 5.74) is 4.08. The molecule has 2 unspecified atom stereocenters. The third-order valence-electron chi connectivity index (χ3n) is 6.55. The number of methoxy groups -OCH3 is 1. The van der Waals surface area contributed by atoms with E-state index in [1.54, 1.807) is 27.9 Å². The number of guanidine groups is 1. The number of aromatic nitrogens is 2. The fourth-order valence-electron chi connectivity index (χ4n) is 4.76. The number of hydroxylamine groups is 2. The molecule has 0 radical (unpaired) electrons. The number of hydrogen-bond acceptors (Lipinski definition) is 6. The predicted octanol–water partition coefficient (Wildman–Crippen LogP) is 5.24. The fraction of sp³-hybridized carbons (Fsp3) is 0.320. The minimum absolute atomic E-state index is 0.211. The highest BCUT2D eigenvalue weighted by atomic mass is 35.5. The molecule has 0 bridgehead atoms. The van der Waals surface area contributed by atoms with Crippen molar-refractivity contribution in [1.82, 2.24) is 25.0 Å². The molecule has 15 heteroatoms. The number of carbonyl (C=O) groups is 1. The number of benzene rings is 2. The minimum Gasteiger partial charge on any atom is -0.494 e. The Hall–Kier alpha value is -3.91. The van der Waals surface area contributed by atoms with Gasteiger partial charge in [-0.1, -0.05) is 24.1 Å². The van der Waals surface area contributed by atoms with Gasteiger partial charge in [0.2, 0.25) is 5.96 Å². The van der Waals surface area contributed by atoms with E-state index in [0.717, 1.165) is 17.2 Å². The zero-order valence-corrected chi connectivity index (χ0v) is 21.6. The molecule has 2 saturated heterocycles. The number of aliphatic imine (C=N–C) groups is 1. The van der Waals surface area contributed by atoms with E-state index in [4.69, 9.17) is 21.2 Å². The molecule has 2 fully saturated rings. The van der Waals surface area contributed by atoms with Gasteiger partial charge in [0.25, 0.3) is 0 Å². The molecule has 2 aliphatic rings. The van der Waals surface area contributed by atoms with Crippen molar-refractivity contribution < 1.29 is 36.3 Å². The van der Waals surface area contributed by atoms with Crippen LogP contribution in [0.1, 0.15) is 30.7 Å². The Morgan fingerprint density at radius 3 is 2.62 bits per heavy atom. The Bertz CT molecular complexity index is 1450. The highest BCUT2D eigenvalue weighted by Gasteiger charge is 2.50. The van der Waals surface area contributed by atoms with Gasteiger partial charge in [-0.15, -0.1) is 0 Å². The smallest absolute Gasteiger partial charge is 0.493 e. The maximum Gasteiger partial charge on any atom is 0.493 e. The monoisotopic (exact) mass is 584 g/mol. The van der Waals surface area contributed by atoms with Gasteiger partial charge < -0.3 is 14.1 Å². The summed E-state index contributed by atoms with van der Waals surface area (Å²) in [6.07, 6.45) is -1.62. The fourth-order valence-corrected chi connectivity index (χ4v) is 4.91. The number of rotatable bonds is 5. The number of fused-ring (bicyclic) bond motifs is 1. The minimum atomic E-state index is -5.29. The Morgan fingerprint density at radius 2 is 1.95 bits per heavy atom. The summed E-state index contributed by atoms with van der Waals surface area (Å²) in [4.78, 5) is 25.2. The van der Waals surface area contributed by atoms with E-state index in [0.29, 0.717) is 42.8 Å². The van der Waals surface area contributed by atoms with Crippen molar-refractivity contribution in [2.45, 2.75) is 37.5 Å². The summed E-state index contributed by atoms with van der Waals surface area (Å²) < 4.78 is 74.7. The van der Waals surface area contributed by atoms with E-state index in [2.05, 4.69) is 15.4 Å². The van der Waals surface area contributed by atoms with Gasteiger partial charge in [-0.25, -0.2) is 23.6 Å². The second kappa shape index (κ2) is 10.9. The van der Waals surface area contributed by atoms with Crippen molar-refractivity contribution in [1.29, 1.82) is 0 Å². The number of nitrogens with zero attached hydrogens (tertiary/aromatic N) is 5. The van der Waals surface area contributed by atoms with Crippen LogP contribution in [0.25, 0.3) is 5.69 Å². The van der Waals surface area contributed by atoms with Crippen LogP contribution in [0.2, 0.25) is 5.15 Å². The first kappa shape index (κ1) is 27.6. The molecule has 3 heterocycles. The van der Waals surface area contributed by atoms with Gasteiger partial charge in [-0.3, -0.25) is 5.43 Å². The summed E-state index contributed by atoms with van der Waals surface area (Å²) >= 11 is 5.91. The largest absolute Gasteiger partial charge is 0.494 e. The molecule has 3 aromatic rings. The van der Waals surface area contributed by atoms with Crippen molar-refractivity contribution in [2.24, 2.45) is 4.99 Å². The Morgan fingerprint density at radius 1 is 1.15 bits per heavy atom. The number of ether oxygens (including phenoxy) is 1. The van der Waals surface area contributed by atoms with Crippen LogP contribution in [0.15, 0.2) is 53.9 Å². The predicted molar refractivity (Wildman–Crippen MR) is 133 cm³/mol. The van der Waals surface area contributed by atoms with Crippen LogP contribution in [0.5, 0.6) is 5.75 Å². The van der Waals surface area contributed by atoms with Crippen LogP contribution in [0, 0.1) is 11.6 Å². The number of hydrazine groups is 1. The maximum atomic E-state index is 14.1. The van der Waals surface area contributed by atoms with Gasteiger partial charge in [0, 0.05) is 24.7 Å². The average molecular weight is 585 g/mol. The van der Waals surface area contributed by atoms with E-state index in [-0.39, 0.29) is 16.8 Å². The Balaban J connectivity index is 1.55. The molecule has 1 aromatic heterocycles. The van der Waals surface area contributed by atoms with Crippen LogP contribution >= 0.6 is 11.6 Å². The van der Waals surface area contributed by atoms with Crippen LogP contribution in [-0.2, 0) is 9.63 Å². The van der Waals surface area contributed by atoms with Crippen molar-refractivity contribution >= 4 is 29.2 Å². The van der Waals surface area contributed by atoms with Crippen LogP contribution in [-0.4, -0.2) is 57.5 Å². The van der Waals surface area contributed by atoms with Crippen LogP contribution in [0.4, 0.5) is 27.6 Å². The number of alkyl halides is 3. The van der Waals surface area contributed by atoms with Gasteiger partial charge in [0.05, 0.1) is 18.5 Å². The van der Waals surface area contributed by atoms with Crippen molar-refractivity contribution in [3.8, 4) is 11.4 Å². The average Bonchev–Trinajstić information content (AvgIpc) is 3.41. The Labute approximate surface area is 229 Å². The lowest BCUT2D eigenvalue weighted by atomic mass is 9.91. The number of imidazole rings is 1. The second-order valence-corrected chi connectivity index (χ2v) is 9.48. The first-order chi connectivity index (χ1) is 19.0. The topological polar surface area (TPSA) is 84.2 Å². The summed E-state index contributed by atoms with van der Waals surface area (Å²) in [6, 6.07) is 8.04. The molecule has 2 atom stereocenters. The molecule has 5 rings (SSSR count). The first-order valence-corrected chi connectivity index (χ1v) is 12.5. The van der Waals surface area contributed by atoms with Crippen LogP contribution in [0.3, 0.4) is 0 Å². The van der Waals surface area contributed by atoms with Crippen molar-refractivity contribution in [3.05, 3.63) is 71.3 Å². The van der Waals surface area contributed by atoms with E-state index >= 15 is 0 Å². The van der Waals surface area contributed by atoms with Gasteiger partial charge in [0.15, 0.2) is 11.6 Å². The quantitative estimate of drug-likeness (QED) is 0.411. The highest BCUT2D eigenvalue weighted by Crippen LogP contribution is 2.38. The molecule has 0 spiro atoms. The zero-order chi connectivity index (χ0) is 28.6. The normalized spacial score (nSPS) is 20.7. The van der Waals surface area contributed by atoms with Crippen LogP contribution < -0.4 is 10.2 Å². The summed E-state index contributed by atoms with van der Waals surface area (Å²) in [7, 11) is 1.43.